The van der Waals surface area contributed by atoms with Crippen LogP contribution in [0.1, 0.15) is 140 Å². The van der Waals surface area contributed by atoms with Crippen LogP contribution in [0.4, 0.5) is 0 Å². The molecule has 3 unspecified atom stereocenters. The van der Waals surface area contributed by atoms with Crippen LogP contribution in [0.5, 0.6) is 0 Å². The van der Waals surface area contributed by atoms with Crippen molar-refractivity contribution in [2.24, 2.45) is 23.7 Å². The van der Waals surface area contributed by atoms with Gasteiger partial charge in [0.1, 0.15) is 0 Å². The lowest BCUT2D eigenvalue weighted by molar-refractivity contribution is -0.894. The van der Waals surface area contributed by atoms with Crippen LogP contribution in [0.2, 0.25) is 0 Å². The van der Waals surface area contributed by atoms with Crippen molar-refractivity contribution in [3.8, 4) is 0 Å². The molecule has 0 radical (unpaired) electrons. The summed E-state index contributed by atoms with van der Waals surface area (Å²) in [6, 6.07) is 0. The summed E-state index contributed by atoms with van der Waals surface area (Å²) in [5.41, 5.74) is 0. The zero-order valence-corrected chi connectivity index (χ0v) is 29.3. The minimum absolute atomic E-state index is 0.0235. The van der Waals surface area contributed by atoms with E-state index in [0.717, 1.165) is 24.2 Å². The first-order valence-electron chi connectivity index (χ1n) is 16.6. The first kappa shape index (κ1) is 43.5. The molecule has 0 saturated carbocycles. The molecule has 39 heavy (non-hydrogen) atoms. The Kier molecular flexibility index (Phi) is 32.9. The summed E-state index contributed by atoms with van der Waals surface area (Å²) in [7, 11) is -4.80. The third kappa shape index (κ3) is 36.0. The van der Waals surface area contributed by atoms with Crippen molar-refractivity contribution in [3.63, 3.8) is 0 Å². The lowest BCUT2D eigenvalue weighted by Crippen LogP contribution is -3.11. The highest BCUT2D eigenvalue weighted by Crippen LogP contribution is 2.26. The fourth-order valence-electron chi connectivity index (χ4n) is 4.80. The van der Waals surface area contributed by atoms with Gasteiger partial charge in [-0.05, 0) is 71.6 Å². The molecule has 0 aliphatic rings. The summed E-state index contributed by atoms with van der Waals surface area (Å²) < 4.78 is 14.7. The van der Waals surface area contributed by atoms with E-state index < -0.39 is 7.82 Å². The van der Waals surface area contributed by atoms with E-state index in [-0.39, 0.29) is 6.61 Å². The Hall–Kier alpha value is 0.0300. The number of phosphoric acid groups is 1. The molecule has 0 aliphatic carbocycles. The molecule has 0 saturated heterocycles. The van der Waals surface area contributed by atoms with Gasteiger partial charge in [-0.1, -0.05) is 92.4 Å². The number of hydrogen-bond donors (Lipinski definition) is 2. The molecule has 0 spiro atoms. The van der Waals surface area contributed by atoms with Crippen LogP contribution in [-0.2, 0) is 9.09 Å². The maximum atomic E-state index is 10.4. The van der Waals surface area contributed by atoms with Crippen LogP contribution in [0.3, 0.4) is 0 Å². The van der Waals surface area contributed by atoms with Gasteiger partial charge >= 0.3 is 0 Å². The number of phosphoric ester groups is 1. The summed E-state index contributed by atoms with van der Waals surface area (Å²) >= 11 is 0. The fraction of sp³-hybridized carbons (Fsp3) is 1.00. The predicted molar refractivity (Wildman–Crippen MR) is 167 cm³/mol. The molecule has 7 heteroatoms. The molecule has 0 fully saturated rings. The smallest absolute Gasteiger partial charge is 0.0742 e. The van der Waals surface area contributed by atoms with Crippen molar-refractivity contribution in [2.45, 2.75) is 140 Å². The Bertz CT molecular complexity index is 499. The molecule has 0 rings (SSSR count). The quantitative estimate of drug-likeness (QED) is 0.173. The van der Waals surface area contributed by atoms with Crippen molar-refractivity contribution in [2.75, 3.05) is 45.9 Å². The van der Waals surface area contributed by atoms with Gasteiger partial charge in [-0.25, -0.2) is 0 Å². The van der Waals surface area contributed by atoms with Crippen LogP contribution in [0, 0.1) is 23.7 Å². The van der Waals surface area contributed by atoms with E-state index in [1.54, 1.807) is 9.80 Å². The van der Waals surface area contributed by atoms with Gasteiger partial charge in [0.25, 0.3) is 0 Å². The van der Waals surface area contributed by atoms with Gasteiger partial charge in [-0.2, -0.15) is 0 Å². The zero-order valence-electron chi connectivity index (χ0n) is 28.4. The predicted octanol–water partition coefficient (Wildman–Crippen LogP) is 5.16. The number of rotatable bonds is 22. The average Bonchev–Trinajstić information content (AvgIpc) is 2.86. The molecule has 0 heterocycles. The van der Waals surface area contributed by atoms with E-state index in [1.165, 1.54) is 90.6 Å². The highest BCUT2D eigenvalue weighted by Gasteiger charge is 2.08. The summed E-state index contributed by atoms with van der Waals surface area (Å²) in [5.74, 6) is 2.84. The number of hydrogen-bond acceptors (Lipinski definition) is 4. The monoisotopic (exact) mass is 581 g/mol. The van der Waals surface area contributed by atoms with Crippen LogP contribution < -0.4 is 19.6 Å². The van der Waals surface area contributed by atoms with E-state index in [4.69, 9.17) is 0 Å². The summed E-state index contributed by atoms with van der Waals surface area (Å²) in [4.78, 5) is 24.2. The minimum atomic E-state index is -4.80. The van der Waals surface area contributed by atoms with Gasteiger partial charge in [0.05, 0.1) is 53.7 Å². The molecule has 0 aromatic carbocycles. The molecular formula is C32H73N2O4P. The molecule has 6 nitrogen and oxygen atoms in total. The summed E-state index contributed by atoms with van der Waals surface area (Å²) in [5, 5.41) is 0. The van der Waals surface area contributed by atoms with Gasteiger partial charge in [-0.3, -0.25) is 0 Å². The topological polar surface area (TPSA) is 81.3 Å². The highest BCUT2D eigenvalue weighted by atomic mass is 31.2. The summed E-state index contributed by atoms with van der Waals surface area (Å²) in [6.07, 6.45) is 12.2. The Morgan fingerprint density at radius 2 is 0.821 bits per heavy atom. The Labute approximate surface area is 246 Å². The second kappa shape index (κ2) is 29.5. The molecular weight excluding hydrogens is 507 g/mol. The normalized spacial score (nSPS) is 14.1. The summed E-state index contributed by atoms with van der Waals surface area (Å²) in [6.45, 7) is 32.4. The lowest BCUT2D eigenvalue weighted by Gasteiger charge is -2.29. The molecule has 0 aromatic rings. The van der Waals surface area contributed by atoms with Crippen molar-refractivity contribution in [1.82, 2.24) is 0 Å². The number of quaternary nitrogens is 2. The molecule has 0 amide bonds. The van der Waals surface area contributed by atoms with Crippen LogP contribution >= 0.6 is 7.82 Å². The van der Waals surface area contributed by atoms with Crippen LogP contribution in [0.15, 0.2) is 0 Å². The van der Waals surface area contributed by atoms with Crippen LogP contribution in [-0.4, -0.2) is 45.9 Å². The maximum absolute atomic E-state index is 10.4. The van der Waals surface area contributed by atoms with E-state index in [0.29, 0.717) is 12.3 Å². The third-order valence-corrected chi connectivity index (χ3v) is 8.62. The largest absolute Gasteiger partial charge is 0.790 e. The number of nitrogens with one attached hydrogen (secondary N) is 2. The molecule has 3 atom stereocenters. The van der Waals surface area contributed by atoms with Crippen molar-refractivity contribution in [3.05, 3.63) is 0 Å². The van der Waals surface area contributed by atoms with Gasteiger partial charge < -0.3 is 28.7 Å². The van der Waals surface area contributed by atoms with E-state index >= 15 is 0 Å². The van der Waals surface area contributed by atoms with Gasteiger partial charge in [0.2, 0.25) is 0 Å². The fourth-order valence-corrected chi connectivity index (χ4v) is 5.13. The first-order chi connectivity index (χ1) is 18.3. The van der Waals surface area contributed by atoms with Gasteiger partial charge in [0.15, 0.2) is 0 Å². The Morgan fingerprint density at radius 1 is 0.538 bits per heavy atom. The van der Waals surface area contributed by atoms with Gasteiger partial charge in [-0.15, -0.1) is 0 Å². The van der Waals surface area contributed by atoms with Crippen molar-refractivity contribution >= 4 is 7.82 Å². The van der Waals surface area contributed by atoms with Crippen molar-refractivity contribution < 1.29 is 28.7 Å². The van der Waals surface area contributed by atoms with Crippen molar-refractivity contribution in [1.29, 1.82) is 0 Å². The lowest BCUT2D eigenvalue weighted by atomic mass is 9.91. The highest BCUT2D eigenvalue weighted by molar-refractivity contribution is 7.43. The van der Waals surface area contributed by atoms with E-state index in [2.05, 4.69) is 80.7 Å². The molecule has 0 aromatic heterocycles. The average molecular weight is 581 g/mol. The minimum Gasteiger partial charge on any atom is -0.790 e. The first-order valence-corrected chi connectivity index (χ1v) is 18.1. The molecule has 240 valence electrons. The zero-order chi connectivity index (χ0) is 30.7. The van der Waals surface area contributed by atoms with Crippen LogP contribution in [0.25, 0.3) is 0 Å². The molecule has 2 N–H and O–H groups in total. The third-order valence-electron chi connectivity index (χ3n) is 8.13. The standard InChI is InChI=1S/C20H43O4P.2C6H15N/c1-17(2)9-6-10-18(3)11-7-12-19(4)13-8-14-20(5)15-16-24-25(21,22)23;2*1-4-7(5-2)6-3/h17-20H,6-16H2,1-5H3,(H2,21,22,23);2*4-6H2,1-3H3. The second-order valence-corrected chi connectivity index (χ2v) is 13.3. The SMILES string of the molecule is CC(C)CCCC(C)CCCC(C)CCCC(C)CCOP(=O)([O-])[O-].CC[NH+](CC)CC.CC[NH+](CC)CC. The van der Waals surface area contributed by atoms with Gasteiger partial charge in [0, 0.05) is 0 Å². The van der Waals surface area contributed by atoms with E-state index in [9.17, 15) is 14.4 Å². The second-order valence-electron chi connectivity index (χ2n) is 12.2. The Balaban J connectivity index is -0.000000752. The van der Waals surface area contributed by atoms with E-state index in [1.807, 2.05) is 0 Å². The Morgan fingerprint density at radius 3 is 1.05 bits per heavy atom. The molecule has 0 aliphatic heterocycles. The maximum Gasteiger partial charge on any atom is 0.0742 e. The molecule has 0 bridgehead atoms.